The summed E-state index contributed by atoms with van der Waals surface area (Å²) in [6, 6.07) is 0. The Labute approximate surface area is 204 Å². The number of esters is 2. The van der Waals surface area contributed by atoms with E-state index >= 15 is 0 Å². The van der Waals surface area contributed by atoms with Crippen molar-refractivity contribution in [2.45, 2.75) is 123 Å². The maximum atomic E-state index is 12.0. The quantitative estimate of drug-likeness (QED) is 0.571. The molecule has 3 fully saturated rings. The fourth-order valence-electron chi connectivity index (χ4n) is 5.10. The van der Waals surface area contributed by atoms with Gasteiger partial charge in [-0.1, -0.05) is 0 Å². The van der Waals surface area contributed by atoms with Gasteiger partial charge >= 0.3 is 11.9 Å². The first kappa shape index (κ1) is 26.9. The molecule has 34 heavy (non-hydrogen) atoms. The fourth-order valence-corrected chi connectivity index (χ4v) is 5.10. The molecule has 0 aromatic heterocycles. The van der Waals surface area contributed by atoms with Crippen molar-refractivity contribution >= 4 is 17.8 Å². The molecule has 0 aromatic carbocycles. The second kappa shape index (κ2) is 9.76. The van der Waals surface area contributed by atoms with Gasteiger partial charge in [0.1, 0.15) is 17.1 Å². The molecule has 8 heteroatoms. The van der Waals surface area contributed by atoms with Gasteiger partial charge in [0, 0.05) is 12.0 Å². The topological polar surface area (TPSA) is 95.5 Å². The molecule has 0 amide bonds. The van der Waals surface area contributed by atoms with Crippen LogP contribution in [-0.4, -0.2) is 60.6 Å². The van der Waals surface area contributed by atoms with Crippen LogP contribution in [0.25, 0.3) is 0 Å². The van der Waals surface area contributed by atoms with E-state index in [1.807, 2.05) is 20.8 Å². The molecule has 2 aliphatic heterocycles. The molecular formula is C26H44N2O6. The molecule has 2 saturated carbocycles. The van der Waals surface area contributed by atoms with E-state index in [0.717, 1.165) is 38.5 Å². The van der Waals surface area contributed by atoms with Crippen molar-refractivity contribution in [3.8, 4) is 0 Å². The van der Waals surface area contributed by atoms with E-state index < -0.39 is 10.8 Å². The summed E-state index contributed by atoms with van der Waals surface area (Å²) < 4.78 is 22.0. The fraction of sp³-hybridized carbons (Fsp3) is 0.885. The molecule has 0 bridgehead atoms. The van der Waals surface area contributed by atoms with E-state index in [1.54, 1.807) is 0 Å². The number of carbonyl (C=O) groups is 2. The summed E-state index contributed by atoms with van der Waals surface area (Å²) >= 11 is 0. The lowest BCUT2D eigenvalue weighted by Crippen LogP contribution is -2.59. The number of aliphatic imine (C=N–C) groups is 1. The summed E-state index contributed by atoms with van der Waals surface area (Å²) in [6.07, 6.45) is 5.28. The van der Waals surface area contributed by atoms with Crippen LogP contribution in [0.5, 0.6) is 0 Å². The average Bonchev–Trinajstić information content (AvgIpc) is 3.60. The molecule has 3 atom stereocenters. The highest BCUT2D eigenvalue weighted by atomic mass is 16.6. The zero-order chi connectivity index (χ0) is 25.4. The zero-order valence-corrected chi connectivity index (χ0v) is 22.3. The summed E-state index contributed by atoms with van der Waals surface area (Å²) in [5, 5.41) is 3.44. The van der Waals surface area contributed by atoms with Crippen molar-refractivity contribution in [1.82, 2.24) is 5.32 Å². The molecule has 0 aromatic rings. The summed E-state index contributed by atoms with van der Waals surface area (Å²) in [6.45, 7) is 17.1. The molecule has 194 valence electrons. The highest BCUT2D eigenvalue weighted by molar-refractivity contribution is 6.06. The van der Waals surface area contributed by atoms with E-state index in [9.17, 15) is 9.59 Å². The number of ether oxygens (including phenoxy) is 4. The van der Waals surface area contributed by atoms with Gasteiger partial charge in [0.05, 0.1) is 31.0 Å². The predicted octanol–water partition coefficient (Wildman–Crippen LogP) is 4.15. The van der Waals surface area contributed by atoms with Gasteiger partial charge in [0.15, 0.2) is 0 Å². The van der Waals surface area contributed by atoms with E-state index in [0.29, 0.717) is 19.1 Å². The molecule has 2 aliphatic carbocycles. The SMILES string of the molecule is CCOC(=O)C1(C2=NC(C)(C)CC(C)O2)CC1.CCOC(=O)C1(C2NC(C)(C)CC(C)O2)CC1. The molecule has 4 rings (SSSR count). The molecule has 0 spiro atoms. The molecule has 8 nitrogen and oxygen atoms in total. The summed E-state index contributed by atoms with van der Waals surface area (Å²) in [5.74, 6) is 0.311. The Morgan fingerprint density at radius 1 is 0.941 bits per heavy atom. The number of hydrogen-bond acceptors (Lipinski definition) is 8. The van der Waals surface area contributed by atoms with Crippen LogP contribution in [0, 0.1) is 10.8 Å². The number of rotatable bonds is 6. The first-order valence-corrected chi connectivity index (χ1v) is 12.8. The first-order valence-electron chi connectivity index (χ1n) is 12.8. The van der Waals surface area contributed by atoms with Gasteiger partial charge in [-0.2, -0.15) is 0 Å². The van der Waals surface area contributed by atoms with Gasteiger partial charge in [-0.25, -0.2) is 4.99 Å². The Bertz CT molecular complexity index is 797. The highest BCUT2D eigenvalue weighted by Crippen LogP contribution is 2.52. The van der Waals surface area contributed by atoms with Crippen molar-refractivity contribution in [2.24, 2.45) is 15.8 Å². The molecular weight excluding hydrogens is 436 g/mol. The third kappa shape index (κ3) is 5.93. The number of hydrogen-bond donors (Lipinski definition) is 1. The maximum absolute atomic E-state index is 12.0. The molecule has 2 heterocycles. The van der Waals surface area contributed by atoms with Crippen LogP contribution in [0.2, 0.25) is 0 Å². The van der Waals surface area contributed by atoms with Crippen LogP contribution in [-0.2, 0) is 28.5 Å². The Hall–Kier alpha value is -1.67. The minimum absolute atomic E-state index is 0.0183. The van der Waals surface area contributed by atoms with Gasteiger partial charge < -0.3 is 18.9 Å². The van der Waals surface area contributed by atoms with Crippen LogP contribution in [0.3, 0.4) is 0 Å². The Kier molecular flexibility index (Phi) is 7.73. The van der Waals surface area contributed by atoms with Crippen LogP contribution >= 0.6 is 0 Å². The van der Waals surface area contributed by atoms with E-state index in [-0.39, 0.29) is 41.5 Å². The lowest BCUT2D eigenvalue weighted by atomic mass is 9.92. The van der Waals surface area contributed by atoms with Gasteiger partial charge in [-0.05, 0) is 87.5 Å². The Morgan fingerprint density at radius 2 is 1.53 bits per heavy atom. The van der Waals surface area contributed by atoms with E-state index in [1.165, 1.54) is 0 Å². The third-order valence-corrected chi connectivity index (χ3v) is 6.99. The molecule has 0 radical (unpaired) electrons. The standard InChI is InChI=1S/C13H23NO3.C13H21NO3/c2*1-5-16-11(15)13(6-7-13)10-14-12(3,4)8-9(2)17-10/h9-10,14H,5-8H2,1-4H3;9H,5-8H2,1-4H3. The average molecular weight is 481 g/mol. The largest absolute Gasteiger partial charge is 0.477 e. The molecule has 4 aliphatic rings. The summed E-state index contributed by atoms with van der Waals surface area (Å²) in [5.41, 5.74) is -1.12. The van der Waals surface area contributed by atoms with Crippen molar-refractivity contribution in [1.29, 1.82) is 0 Å². The van der Waals surface area contributed by atoms with Gasteiger partial charge in [0.25, 0.3) is 0 Å². The number of nitrogens with zero attached hydrogens (tertiary/aromatic N) is 1. The second-order valence-corrected chi connectivity index (χ2v) is 11.6. The molecule has 1 N–H and O–H groups in total. The molecule has 1 saturated heterocycles. The van der Waals surface area contributed by atoms with E-state index in [4.69, 9.17) is 18.9 Å². The van der Waals surface area contributed by atoms with Crippen LogP contribution < -0.4 is 5.32 Å². The minimum Gasteiger partial charge on any atom is -0.477 e. The zero-order valence-electron chi connectivity index (χ0n) is 22.3. The second-order valence-electron chi connectivity index (χ2n) is 11.6. The van der Waals surface area contributed by atoms with Crippen LogP contribution in [0.15, 0.2) is 4.99 Å². The number of nitrogens with one attached hydrogen (secondary N) is 1. The van der Waals surface area contributed by atoms with Gasteiger partial charge in [-0.3, -0.25) is 14.9 Å². The third-order valence-electron chi connectivity index (χ3n) is 6.99. The molecule has 3 unspecified atom stereocenters. The van der Waals surface area contributed by atoms with Gasteiger partial charge in [-0.15, -0.1) is 0 Å². The Morgan fingerprint density at radius 3 is 2.00 bits per heavy atom. The lowest BCUT2D eigenvalue weighted by molar-refractivity contribution is -0.169. The number of carbonyl (C=O) groups excluding carboxylic acids is 2. The smallest absolute Gasteiger partial charge is 0.321 e. The van der Waals surface area contributed by atoms with E-state index in [2.05, 4.69) is 44.9 Å². The van der Waals surface area contributed by atoms with Gasteiger partial charge in [0.2, 0.25) is 5.90 Å². The first-order chi connectivity index (χ1) is 15.8. The van der Waals surface area contributed by atoms with Crippen molar-refractivity contribution in [3.63, 3.8) is 0 Å². The van der Waals surface area contributed by atoms with Crippen molar-refractivity contribution in [2.75, 3.05) is 13.2 Å². The minimum atomic E-state index is -0.568. The summed E-state index contributed by atoms with van der Waals surface area (Å²) in [4.78, 5) is 28.6. The maximum Gasteiger partial charge on any atom is 0.321 e. The van der Waals surface area contributed by atoms with Crippen LogP contribution in [0.1, 0.15) is 93.9 Å². The lowest BCUT2D eigenvalue weighted by Gasteiger charge is -2.43. The van der Waals surface area contributed by atoms with Crippen LogP contribution in [0.4, 0.5) is 0 Å². The van der Waals surface area contributed by atoms with Crippen molar-refractivity contribution < 1.29 is 28.5 Å². The normalized spacial score (nSPS) is 31.5. The predicted molar refractivity (Wildman–Crippen MR) is 129 cm³/mol. The highest BCUT2D eigenvalue weighted by Gasteiger charge is 2.60. The summed E-state index contributed by atoms with van der Waals surface area (Å²) in [7, 11) is 0. The Balaban J connectivity index is 0.000000191. The monoisotopic (exact) mass is 480 g/mol. The van der Waals surface area contributed by atoms with Crippen molar-refractivity contribution in [3.05, 3.63) is 0 Å².